The van der Waals surface area contributed by atoms with Gasteiger partial charge in [0.05, 0.1) is 16.1 Å². The SMILES string of the molecule is CC(C)C1CC2C(c3ccc(C(C)(C)C)cc3)CCCC2C1[Si](C)(C)C1C(C)CC2C(c3ccc(C(C)(C)C)cc3)CCCC21.CC(C)C1CC2C(c3ccc(C(C)(C)C)cc3)CCCC2C1[Si](C)(C)C1C(C)CC2C1CC1CCCC1C2c1ccccc1.[CH3-].[CH3-].[CH3-].[CH3-].[Cl][Zr+2][Cl].[Cl][Zr+2][Cl]. The topological polar surface area (TPSA) is 0 Å². The second-order valence-electron chi connectivity index (χ2n) is 38.7. The first-order valence-electron chi connectivity index (χ1n) is 39.2. The van der Waals surface area contributed by atoms with Crippen molar-refractivity contribution in [2.45, 2.75) is 301 Å². The van der Waals surface area contributed by atoms with E-state index < -0.39 is 57.8 Å². The van der Waals surface area contributed by atoms with Crippen LogP contribution in [0.15, 0.2) is 103 Å². The van der Waals surface area contributed by atoms with Crippen LogP contribution in [0.3, 0.4) is 0 Å². The zero-order valence-corrected chi connectivity index (χ0v) is 77.1. The van der Waals surface area contributed by atoms with Crippen molar-refractivity contribution in [2.75, 3.05) is 0 Å². The van der Waals surface area contributed by atoms with Gasteiger partial charge in [-0.3, -0.25) is 0 Å². The van der Waals surface area contributed by atoms with Gasteiger partial charge in [0.15, 0.2) is 0 Å². The molecule has 0 amide bonds. The van der Waals surface area contributed by atoms with Crippen molar-refractivity contribution >= 4 is 50.2 Å². The third-order valence-electron chi connectivity index (χ3n) is 29.4. The third kappa shape index (κ3) is 18.8. The Labute approximate surface area is 653 Å². The maximum atomic E-state index is 4.93. The van der Waals surface area contributed by atoms with Crippen LogP contribution in [-0.4, -0.2) is 16.1 Å². The molecule has 0 nitrogen and oxygen atoms in total. The molecule has 22 unspecified atom stereocenters. The number of hydrogen-bond donors (Lipinski definition) is 0. The van der Waals surface area contributed by atoms with E-state index in [1.807, 2.05) is 0 Å². The number of benzene rings is 4. The van der Waals surface area contributed by atoms with Gasteiger partial charge in [-0.05, 0) is 253 Å². The molecule has 0 bridgehead atoms. The second-order valence-corrected chi connectivity index (χ2v) is 56.1. The molecular weight excluding hydrogens is 1470 g/mol. The Kier molecular flexibility index (Phi) is 32.6. The van der Waals surface area contributed by atoms with Crippen molar-refractivity contribution in [3.63, 3.8) is 0 Å². The molecule has 22 atom stereocenters. The van der Waals surface area contributed by atoms with Gasteiger partial charge in [-0.1, -0.05) is 285 Å². The van der Waals surface area contributed by atoms with Gasteiger partial charge in [0.25, 0.3) is 0 Å². The predicted molar refractivity (Wildman–Crippen MR) is 440 cm³/mol. The van der Waals surface area contributed by atoms with Crippen molar-refractivity contribution < 1.29 is 41.7 Å². The molecule has 0 aromatic heterocycles. The van der Waals surface area contributed by atoms with Gasteiger partial charge in [0.1, 0.15) is 0 Å². The van der Waals surface area contributed by atoms with E-state index in [0.29, 0.717) is 0 Å². The molecule has 4 aromatic carbocycles. The van der Waals surface area contributed by atoms with Crippen LogP contribution in [0.1, 0.15) is 276 Å². The third-order valence-corrected chi connectivity index (χ3v) is 40.0. The van der Waals surface area contributed by atoms with Crippen LogP contribution in [0.25, 0.3) is 0 Å². The summed E-state index contributed by atoms with van der Waals surface area (Å²) in [5.74, 6) is 17.9. The molecule has 0 spiro atoms. The molecule has 4 aromatic rings. The van der Waals surface area contributed by atoms with Gasteiger partial charge in [-0.2, -0.15) is 0 Å². The van der Waals surface area contributed by atoms with Gasteiger partial charge in [0, 0.05) is 0 Å². The Morgan fingerprint density at radius 1 is 0.343 bits per heavy atom. The Hall–Kier alpha value is 0.240. The zero-order chi connectivity index (χ0) is 68.9. The molecule has 0 heterocycles. The van der Waals surface area contributed by atoms with Crippen LogP contribution < -0.4 is 0 Å². The van der Waals surface area contributed by atoms with Crippen molar-refractivity contribution in [2.24, 2.45) is 94.7 Å². The second kappa shape index (κ2) is 36.6. The summed E-state index contributed by atoms with van der Waals surface area (Å²) in [6.45, 7) is 48.7. The number of hydrogen-bond acceptors (Lipinski definition) is 0. The van der Waals surface area contributed by atoms with Crippen molar-refractivity contribution in [1.82, 2.24) is 0 Å². The fourth-order valence-corrected chi connectivity index (χ4v) is 39.6. The predicted octanol–water partition coefficient (Wildman–Crippen LogP) is 30.2. The summed E-state index contributed by atoms with van der Waals surface area (Å²) in [5, 5.41) is 0. The first-order chi connectivity index (χ1) is 44.9. The molecule has 9 aliphatic rings. The summed E-state index contributed by atoms with van der Waals surface area (Å²) in [6, 6.07) is 41.9. The molecule has 9 aliphatic carbocycles. The van der Waals surface area contributed by atoms with E-state index in [9.17, 15) is 0 Å². The molecule has 0 N–H and O–H groups in total. The molecule has 13 rings (SSSR count). The van der Waals surface area contributed by atoms with Crippen LogP contribution >= 0.6 is 34.1 Å². The Morgan fingerprint density at radius 3 is 0.990 bits per heavy atom. The van der Waals surface area contributed by atoms with Gasteiger partial charge in [-0.15, -0.1) is 0 Å². The Morgan fingerprint density at radius 2 is 0.646 bits per heavy atom. The van der Waals surface area contributed by atoms with Crippen LogP contribution in [0.4, 0.5) is 0 Å². The molecule has 0 saturated heterocycles. The molecule has 0 aliphatic heterocycles. The first-order valence-corrected chi connectivity index (χ1v) is 58.1. The van der Waals surface area contributed by atoms with E-state index in [-0.39, 0.29) is 46.0 Å². The van der Waals surface area contributed by atoms with E-state index in [2.05, 4.69) is 233 Å². The Balaban J connectivity index is 0.000000279. The monoisotopic (exact) mass is 1610 g/mol. The summed E-state index contributed by atoms with van der Waals surface area (Å²) in [4.78, 5) is 0. The van der Waals surface area contributed by atoms with E-state index in [1.165, 1.54) is 119 Å². The summed E-state index contributed by atoms with van der Waals surface area (Å²) >= 11 is -1.65. The van der Waals surface area contributed by atoms with E-state index >= 15 is 0 Å². The normalized spacial score (nSPS) is 34.5. The minimum absolute atomic E-state index is 0. The van der Waals surface area contributed by atoms with E-state index in [4.69, 9.17) is 34.1 Å². The fraction of sp³-hybridized carbons (Fsp3) is 0.692. The quantitative estimate of drug-likeness (QED) is 0.110. The maximum absolute atomic E-state index is 4.93. The Bertz CT molecular complexity index is 3030. The average molecular weight is 1620 g/mol. The van der Waals surface area contributed by atoms with Crippen molar-refractivity contribution in [1.29, 1.82) is 0 Å². The van der Waals surface area contributed by atoms with Gasteiger partial charge >= 0.3 is 75.7 Å². The van der Waals surface area contributed by atoms with Gasteiger partial charge < -0.3 is 29.7 Å². The number of fused-ring (bicyclic) bond motifs is 5. The van der Waals surface area contributed by atoms with Crippen LogP contribution in [-0.2, 0) is 57.9 Å². The molecular formula is C91H144Cl4Si2Zr2. The fourth-order valence-electron chi connectivity index (χ4n) is 26.2. The molecule has 99 heavy (non-hydrogen) atoms. The van der Waals surface area contributed by atoms with Gasteiger partial charge in [0.2, 0.25) is 0 Å². The molecule has 8 heteroatoms. The average Bonchev–Trinajstić information content (AvgIpc) is 1.58. The van der Waals surface area contributed by atoms with Crippen molar-refractivity contribution in [3.8, 4) is 0 Å². The van der Waals surface area contributed by atoms with Crippen molar-refractivity contribution in [3.05, 3.63) is 172 Å². The van der Waals surface area contributed by atoms with Crippen LogP contribution in [0, 0.1) is 124 Å². The van der Waals surface area contributed by atoms with E-state index in [1.54, 1.807) is 28.7 Å². The summed E-state index contributed by atoms with van der Waals surface area (Å²) in [5.41, 5.74) is 15.8. The van der Waals surface area contributed by atoms with Crippen LogP contribution in [0.5, 0.6) is 0 Å². The minimum atomic E-state index is -1.58. The number of halogens is 4. The standard InChI is InChI=1S/C44H68Si.C43H64Si.4CH3.4ClH.2Zr/c1-28(2)38-27-40-35(31-20-24-33(25-21-31)44(7,8)9)15-13-17-37(40)42(38)45(10,11)41-29(3)26-39-34(14-12-16-36(39)41)30-18-22-32(23-19-30)43(4,5)6;1-27(2)36-26-37-33(29-20-22-32(23-21-29)43(4,5)6)17-13-19-35(37)42(36)44(7,8)41-28(3)24-38-39(41)25-31-16-12-18-34(31)40(38)30-14-10-9-11-15-30;;;;;;;;;;/h18-25,28-29,34-42H,12-17,26-27H2,1-11H3;9-11,14-15,20-23,27-28,31,33-42H,12-13,16-19,24-26H2,1-8H3;4*1H3;4*1H;;/q;;4*-1;;;;;2*+4/p-4. The van der Waals surface area contributed by atoms with Gasteiger partial charge in [-0.25, -0.2) is 0 Å². The summed E-state index contributed by atoms with van der Waals surface area (Å²) in [6.07, 6.45) is 25.1. The van der Waals surface area contributed by atoms with E-state index in [0.717, 1.165) is 141 Å². The molecule has 552 valence electrons. The molecule has 9 fully saturated rings. The zero-order valence-electron chi connectivity index (χ0n) is 67.2. The van der Waals surface area contributed by atoms with Crippen LogP contribution in [0.2, 0.25) is 48.4 Å². The summed E-state index contributed by atoms with van der Waals surface area (Å²) in [7, 11) is 16.6. The first kappa shape index (κ1) is 88.1. The molecule has 0 radical (unpaired) electrons. The number of rotatable bonds is 10. The summed E-state index contributed by atoms with van der Waals surface area (Å²) < 4.78 is 0. The molecule has 9 saturated carbocycles.